The lowest BCUT2D eigenvalue weighted by Crippen LogP contribution is -2.34. The molecule has 0 radical (unpaired) electrons. The Hall–Kier alpha value is -1.22. The fraction of sp³-hybridized carbons (Fsp3) is 0.417. The van der Waals surface area contributed by atoms with Gasteiger partial charge in [-0.15, -0.1) is 0 Å². The number of benzene rings is 1. The summed E-state index contributed by atoms with van der Waals surface area (Å²) in [4.78, 5) is 11.7. The lowest BCUT2D eigenvalue weighted by atomic mass is 9.84. The molecule has 0 spiro atoms. The van der Waals surface area contributed by atoms with Crippen LogP contribution in [0.4, 0.5) is 4.39 Å². The summed E-state index contributed by atoms with van der Waals surface area (Å²) < 4.78 is 12.9. The number of ketones is 1. The Kier molecular flexibility index (Phi) is 3.25. The van der Waals surface area contributed by atoms with E-state index in [2.05, 4.69) is 0 Å². The third-order valence-corrected chi connectivity index (χ3v) is 2.18. The van der Waals surface area contributed by atoms with Gasteiger partial charge in [0.1, 0.15) is 11.9 Å². The highest BCUT2D eigenvalue weighted by atomic mass is 19.1. The Bertz CT molecular complexity index is 366. The van der Waals surface area contributed by atoms with Crippen LogP contribution in [0.3, 0.4) is 0 Å². The van der Waals surface area contributed by atoms with Crippen LogP contribution in [-0.4, -0.2) is 17.0 Å². The second-order valence-electron chi connectivity index (χ2n) is 4.64. The van der Waals surface area contributed by atoms with Gasteiger partial charge in [0.15, 0.2) is 5.78 Å². The van der Waals surface area contributed by atoms with Gasteiger partial charge in [-0.25, -0.2) is 4.39 Å². The summed E-state index contributed by atoms with van der Waals surface area (Å²) in [6, 6.07) is 5.36. The Morgan fingerprint density at radius 3 is 2.47 bits per heavy atom. The topological polar surface area (TPSA) is 37.3 Å². The van der Waals surface area contributed by atoms with Gasteiger partial charge in [0.2, 0.25) is 0 Å². The Morgan fingerprint density at radius 2 is 2.00 bits per heavy atom. The molecule has 82 valence electrons. The van der Waals surface area contributed by atoms with Crippen LogP contribution in [0.25, 0.3) is 0 Å². The third-order valence-electron chi connectivity index (χ3n) is 2.18. The molecule has 0 aliphatic rings. The fourth-order valence-corrected chi connectivity index (χ4v) is 1.19. The molecule has 1 atom stereocenters. The second-order valence-corrected chi connectivity index (χ2v) is 4.64. The number of hydrogen-bond donors (Lipinski definition) is 1. The lowest BCUT2D eigenvalue weighted by molar-refractivity contribution is 0.0442. The summed E-state index contributed by atoms with van der Waals surface area (Å²) in [5.74, 6) is -0.913. The predicted molar refractivity (Wildman–Crippen MR) is 56.2 cm³/mol. The minimum atomic E-state index is -1.11. The van der Waals surface area contributed by atoms with E-state index in [1.165, 1.54) is 18.2 Å². The van der Waals surface area contributed by atoms with Crippen molar-refractivity contribution in [1.29, 1.82) is 0 Å². The summed E-state index contributed by atoms with van der Waals surface area (Å²) in [5, 5.41) is 9.73. The van der Waals surface area contributed by atoms with Gasteiger partial charge >= 0.3 is 0 Å². The smallest absolute Gasteiger partial charge is 0.191 e. The van der Waals surface area contributed by atoms with Gasteiger partial charge in [-0.1, -0.05) is 32.9 Å². The van der Waals surface area contributed by atoms with Crippen LogP contribution >= 0.6 is 0 Å². The van der Waals surface area contributed by atoms with E-state index in [-0.39, 0.29) is 5.56 Å². The van der Waals surface area contributed by atoms with Crippen molar-refractivity contribution in [2.75, 3.05) is 0 Å². The van der Waals surface area contributed by atoms with Crippen LogP contribution in [0, 0.1) is 11.2 Å². The van der Waals surface area contributed by atoms with Gasteiger partial charge in [-0.05, 0) is 17.5 Å². The quantitative estimate of drug-likeness (QED) is 0.761. The molecule has 3 heteroatoms. The average molecular weight is 210 g/mol. The van der Waals surface area contributed by atoms with Crippen molar-refractivity contribution in [2.45, 2.75) is 26.9 Å². The van der Waals surface area contributed by atoms with Crippen molar-refractivity contribution in [3.63, 3.8) is 0 Å². The largest absolute Gasteiger partial charge is 0.384 e. The predicted octanol–water partition coefficient (Wildman–Crippen LogP) is 2.42. The Balaban J connectivity index is 2.95. The Morgan fingerprint density at radius 1 is 1.40 bits per heavy atom. The minimum absolute atomic E-state index is 0.206. The van der Waals surface area contributed by atoms with E-state index in [4.69, 9.17) is 0 Å². The molecule has 0 aliphatic carbocycles. The number of aliphatic hydroxyl groups is 1. The highest BCUT2D eigenvalue weighted by Gasteiger charge is 2.29. The molecule has 0 amide bonds. The first-order valence-electron chi connectivity index (χ1n) is 4.80. The van der Waals surface area contributed by atoms with Crippen LogP contribution in [0.2, 0.25) is 0 Å². The highest BCUT2D eigenvalue weighted by molar-refractivity contribution is 5.99. The minimum Gasteiger partial charge on any atom is -0.384 e. The van der Waals surface area contributed by atoms with Gasteiger partial charge < -0.3 is 5.11 Å². The summed E-state index contributed by atoms with van der Waals surface area (Å²) in [6.07, 6.45) is -1.11. The molecule has 1 aromatic carbocycles. The van der Waals surface area contributed by atoms with Gasteiger partial charge in [0.05, 0.1) is 0 Å². The number of carbonyl (C=O) groups excluding carboxylic acids is 1. The Labute approximate surface area is 88.7 Å². The van der Waals surface area contributed by atoms with Crippen LogP contribution in [0.5, 0.6) is 0 Å². The zero-order chi connectivity index (χ0) is 11.6. The summed E-state index contributed by atoms with van der Waals surface area (Å²) in [7, 11) is 0. The van der Waals surface area contributed by atoms with Gasteiger partial charge in [-0.3, -0.25) is 4.79 Å². The number of rotatable bonds is 2. The molecule has 0 fully saturated rings. The van der Waals surface area contributed by atoms with E-state index in [9.17, 15) is 14.3 Å². The maximum atomic E-state index is 12.9. The normalized spacial score (nSPS) is 13.7. The first kappa shape index (κ1) is 11.9. The van der Waals surface area contributed by atoms with Crippen molar-refractivity contribution in [1.82, 2.24) is 0 Å². The van der Waals surface area contributed by atoms with Crippen molar-refractivity contribution in [3.05, 3.63) is 35.6 Å². The number of hydrogen-bond acceptors (Lipinski definition) is 2. The molecule has 0 saturated carbocycles. The van der Waals surface area contributed by atoms with Crippen LogP contribution in [0.1, 0.15) is 31.1 Å². The SMILES string of the molecule is CC(C)(C)C(O)C(=O)c1cccc(F)c1. The van der Waals surface area contributed by atoms with E-state index >= 15 is 0 Å². The first-order chi connectivity index (χ1) is 6.82. The molecule has 15 heavy (non-hydrogen) atoms. The zero-order valence-electron chi connectivity index (χ0n) is 9.12. The van der Waals surface area contributed by atoms with Gasteiger partial charge in [-0.2, -0.15) is 0 Å². The van der Waals surface area contributed by atoms with Crippen molar-refractivity contribution in [3.8, 4) is 0 Å². The summed E-state index contributed by atoms with van der Waals surface area (Å²) >= 11 is 0. The highest BCUT2D eigenvalue weighted by Crippen LogP contribution is 2.22. The number of halogens is 1. The molecule has 1 unspecified atom stereocenters. The molecule has 0 bridgehead atoms. The molecule has 0 saturated heterocycles. The van der Waals surface area contributed by atoms with E-state index < -0.39 is 23.1 Å². The fourth-order valence-electron chi connectivity index (χ4n) is 1.19. The molecular formula is C12H15FO2. The van der Waals surface area contributed by atoms with E-state index in [0.717, 1.165) is 6.07 Å². The number of carbonyl (C=O) groups is 1. The number of aliphatic hydroxyl groups excluding tert-OH is 1. The maximum absolute atomic E-state index is 12.9. The van der Waals surface area contributed by atoms with Gasteiger partial charge in [0, 0.05) is 5.56 Å². The molecule has 2 nitrogen and oxygen atoms in total. The van der Waals surface area contributed by atoms with Crippen LogP contribution in [0.15, 0.2) is 24.3 Å². The van der Waals surface area contributed by atoms with Crippen molar-refractivity contribution >= 4 is 5.78 Å². The molecule has 0 heterocycles. The molecule has 1 rings (SSSR count). The monoisotopic (exact) mass is 210 g/mol. The molecule has 0 aromatic heterocycles. The third kappa shape index (κ3) is 2.86. The van der Waals surface area contributed by atoms with E-state index in [1.807, 2.05) is 0 Å². The zero-order valence-corrected chi connectivity index (χ0v) is 9.12. The van der Waals surface area contributed by atoms with Crippen molar-refractivity contribution in [2.24, 2.45) is 5.41 Å². The molecule has 1 aromatic rings. The summed E-state index contributed by atoms with van der Waals surface area (Å²) in [6.45, 7) is 5.28. The molecule has 0 aliphatic heterocycles. The van der Waals surface area contributed by atoms with E-state index in [0.29, 0.717) is 0 Å². The number of Topliss-reactive ketones (excluding diaryl/α,β-unsaturated/α-hetero) is 1. The van der Waals surface area contributed by atoms with Gasteiger partial charge in [0.25, 0.3) is 0 Å². The van der Waals surface area contributed by atoms with Crippen molar-refractivity contribution < 1.29 is 14.3 Å². The van der Waals surface area contributed by atoms with Crippen LogP contribution in [-0.2, 0) is 0 Å². The second kappa shape index (κ2) is 4.11. The van der Waals surface area contributed by atoms with E-state index in [1.54, 1.807) is 20.8 Å². The summed E-state index contributed by atoms with van der Waals surface area (Å²) in [5.41, 5.74) is -0.332. The maximum Gasteiger partial charge on any atom is 0.191 e. The molecule has 1 N–H and O–H groups in total. The average Bonchev–Trinajstić information content (AvgIpc) is 2.14. The first-order valence-corrected chi connectivity index (χ1v) is 4.80. The van der Waals surface area contributed by atoms with Crippen LogP contribution < -0.4 is 0 Å². The molecular weight excluding hydrogens is 195 g/mol. The standard InChI is InChI=1S/C12H15FO2/c1-12(2,3)11(15)10(14)8-5-4-6-9(13)7-8/h4-7,11,15H,1-3H3. The lowest BCUT2D eigenvalue weighted by Gasteiger charge is -2.24.